The molecule has 6 heteroatoms. The van der Waals surface area contributed by atoms with Crippen molar-refractivity contribution in [2.45, 2.75) is 37.5 Å². The van der Waals surface area contributed by atoms with Crippen LogP contribution in [0.4, 0.5) is 13.2 Å². The summed E-state index contributed by atoms with van der Waals surface area (Å²) in [6.45, 7) is 0.887. The molecule has 1 aliphatic carbocycles. The summed E-state index contributed by atoms with van der Waals surface area (Å²) in [4.78, 5) is 1.48. The zero-order valence-electron chi connectivity index (χ0n) is 10.7. The molecule has 2 atom stereocenters. The highest BCUT2D eigenvalue weighted by molar-refractivity contribution is 4.91. The number of ether oxygens (including phenoxy) is 1. The molecule has 2 fully saturated rings. The van der Waals surface area contributed by atoms with Crippen LogP contribution in [0.3, 0.4) is 0 Å². The average molecular weight is 266 g/mol. The monoisotopic (exact) mass is 266 g/mol. The predicted octanol–water partition coefficient (Wildman–Crippen LogP) is 1.64. The van der Waals surface area contributed by atoms with Crippen LogP contribution in [0.25, 0.3) is 0 Å². The second-order valence-electron chi connectivity index (χ2n) is 5.40. The molecule has 3 nitrogen and oxygen atoms in total. The van der Waals surface area contributed by atoms with E-state index in [9.17, 15) is 13.2 Å². The molecule has 1 saturated carbocycles. The van der Waals surface area contributed by atoms with Gasteiger partial charge in [0.1, 0.15) is 0 Å². The quantitative estimate of drug-likeness (QED) is 0.791. The lowest BCUT2D eigenvalue weighted by Crippen LogP contribution is -2.44. The van der Waals surface area contributed by atoms with E-state index in [1.165, 1.54) is 17.7 Å². The first-order valence-electron chi connectivity index (χ1n) is 6.52. The Balaban J connectivity index is 1.74. The summed E-state index contributed by atoms with van der Waals surface area (Å²) < 4.78 is 42.0. The molecule has 1 aliphatic heterocycles. The second-order valence-corrected chi connectivity index (χ2v) is 5.40. The second kappa shape index (κ2) is 5.75. The summed E-state index contributed by atoms with van der Waals surface area (Å²) in [5.41, 5.74) is 0. The van der Waals surface area contributed by atoms with E-state index in [4.69, 9.17) is 4.74 Å². The number of nitrogens with one attached hydrogen (secondary N) is 1. The van der Waals surface area contributed by atoms with Crippen LogP contribution in [0.1, 0.15) is 19.3 Å². The van der Waals surface area contributed by atoms with Crippen LogP contribution in [0, 0.1) is 5.92 Å². The van der Waals surface area contributed by atoms with Gasteiger partial charge < -0.3 is 10.1 Å². The fourth-order valence-electron chi connectivity index (χ4n) is 2.67. The van der Waals surface area contributed by atoms with Gasteiger partial charge in [-0.1, -0.05) is 0 Å². The van der Waals surface area contributed by atoms with E-state index in [1.54, 1.807) is 7.11 Å². The van der Waals surface area contributed by atoms with Crippen LogP contribution < -0.4 is 5.32 Å². The zero-order chi connectivity index (χ0) is 13.2. The molecule has 0 unspecified atom stereocenters. The first-order chi connectivity index (χ1) is 8.48. The Bertz CT molecular complexity index is 269. The van der Waals surface area contributed by atoms with Crippen molar-refractivity contribution in [2.75, 3.05) is 33.4 Å². The van der Waals surface area contributed by atoms with Gasteiger partial charge in [-0.15, -0.1) is 0 Å². The third-order valence-electron chi connectivity index (χ3n) is 3.66. The Morgan fingerprint density at radius 3 is 2.61 bits per heavy atom. The smallest absolute Gasteiger partial charge is 0.383 e. The van der Waals surface area contributed by atoms with Gasteiger partial charge in [-0.3, -0.25) is 4.90 Å². The topological polar surface area (TPSA) is 24.5 Å². The molecule has 0 aromatic carbocycles. The highest BCUT2D eigenvalue weighted by Gasteiger charge is 2.37. The molecule has 0 amide bonds. The third kappa shape index (κ3) is 4.40. The molecule has 0 bridgehead atoms. The molecule has 106 valence electrons. The van der Waals surface area contributed by atoms with E-state index < -0.39 is 12.7 Å². The van der Waals surface area contributed by atoms with Gasteiger partial charge in [0.15, 0.2) is 0 Å². The number of halogens is 3. The number of hydrogen-bond donors (Lipinski definition) is 1. The SMILES string of the molecule is COC[C@@H](N[C@H]1CCN(CC(F)(F)F)C1)C1CC1. The Morgan fingerprint density at radius 2 is 2.06 bits per heavy atom. The van der Waals surface area contributed by atoms with Crippen LogP contribution in [0.5, 0.6) is 0 Å². The minimum atomic E-state index is -4.09. The first-order valence-corrected chi connectivity index (χ1v) is 6.52. The summed E-state index contributed by atoms with van der Waals surface area (Å²) in [5.74, 6) is 0.654. The molecule has 1 heterocycles. The molecule has 1 saturated heterocycles. The number of alkyl halides is 3. The van der Waals surface area contributed by atoms with Crippen LogP contribution in [0.15, 0.2) is 0 Å². The van der Waals surface area contributed by atoms with Crippen molar-refractivity contribution < 1.29 is 17.9 Å². The van der Waals surface area contributed by atoms with Gasteiger partial charge in [-0.2, -0.15) is 13.2 Å². The Hall–Kier alpha value is -0.330. The molecule has 2 aliphatic rings. The maximum atomic E-state index is 12.3. The molecule has 1 N–H and O–H groups in total. The van der Waals surface area contributed by atoms with Crippen LogP contribution >= 0.6 is 0 Å². The van der Waals surface area contributed by atoms with E-state index in [1.807, 2.05) is 0 Å². The Morgan fingerprint density at radius 1 is 1.33 bits per heavy atom. The molecule has 2 rings (SSSR count). The molecule has 0 aromatic rings. The summed E-state index contributed by atoms with van der Waals surface area (Å²) in [6.07, 6.45) is -0.875. The number of rotatable bonds is 6. The van der Waals surface area contributed by atoms with E-state index in [0.29, 0.717) is 31.7 Å². The average Bonchev–Trinajstić information content (AvgIpc) is 3.00. The third-order valence-corrected chi connectivity index (χ3v) is 3.66. The normalized spacial score (nSPS) is 27.7. The molecular weight excluding hydrogens is 245 g/mol. The lowest BCUT2D eigenvalue weighted by atomic mass is 10.1. The van der Waals surface area contributed by atoms with Gasteiger partial charge >= 0.3 is 6.18 Å². The number of hydrogen-bond acceptors (Lipinski definition) is 3. The maximum absolute atomic E-state index is 12.3. The van der Waals surface area contributed by atoms with Gasteiger partial charge in [-0.05, 0) is 25.2 Å². The lowest BCUT2D eigenvalue weighted by molar-refractivity contribution is -0.143. The van der Waals surface area contributed by atoms with Gasteiger partial charge in [-0.25, -0.2) is 0 Å². The minimum Gasteiger partial charge on any atom is -0.383 e. The Kier molecular flexibility index (Phi) is 4.50. The van der Waals surface area contributed by atoms with Crippen molar-refractivity contribution in [3.8, 4) is 0 Å². The highest BCUT2D eigenvalue weighted by atomic mass is 19.4. The number of likely N-dealkylation sites (tertiary alicyclic amines) is 1. The fraction of sp³-hybridized carbons (Fsp3) is 1.00. The van der Waals surface area contributed by atoms with E-state index in [0.717, 1.165) is 6.42 Å². The number of nitrogens with zero attached hydrogens (tertiary/aromatic N) is 1. The van der Waals surface area contributed by atoms with E-state index >= 15 is 0 Å². The summed E-state index contributed by atoms with van der Waals surface area (Å²) >= 11 is 0. The Labute approximate surface area is 106 Å². The molecule has 18 heavy (non-hydrogen) atoms. The van der Waals surface area contributed by atoms with Crippen LogP contribution in [-0.4, -0.2) is 56.5 Å². The zero-order valence-corrected chi connectivity index (χ0v) is 10.7. The summed E-state index contributed by atoms with van der Waals surface area (Å²) in [5, 5.41) is 3.46. The van der Waals surface area contributed by atoms with Crippen molar-refractivity contribution in [3.63, 3.8) is 0 Å². The van der Waals surface area contributed by atoms with E-state index in [2.05, 4.69) is 5.32 Å². The fourth-order valence-corrected chi connectivity index (χ4v) is 2.67. The van der Waals surface area contributed by atoms with Gasteiger partial charge in [0.25, 0.3) is 0 Å². The van der Waals surface area contributed by atoms with Crippen molar-refractivity contribution in [3.05, 3.63) is 0 Å². The van der Waals surface area contributed by atoms with Crippen molar-refractivity contribution in [2.24, 2.45) is 5.92 Å². The maximum Gasteiger partial charge on any atom is 0.401 e. The van der Waals surface area contributed by atoms with E-state index in [-0.39, 0.29) is 6.04 Å². The molecule has 0 radical (unpaired) electrons. The minimum absolute atomic E-state index is 0.174. The predicted molar refractivity (Wildman–Crippen MR) is 62.4 cm³/mol. The van der Waals surface area contributed by atoms with Crippen molar-refractivity contribution >= 4 is 0 Å². The summed E-state index contributed by atoms with van der Waals surface area (Å²) in [7, 11) is 1.67. The standard InChI is InChI=1S/C12H21F3N2O/c1-18-7-11(9-2-3-9)16-10-4-5-17(6-10)8-12(13,14)15/h9-11,16H,2-8H2,1H3/t10-,11+/m0/s1. The van der Waals surface area contributed by atoms with Gasteiger partial charge in [0.05, 0.1) is 13.2 Å². The largest absolute Gasteiger partial charge is 0.401 e. The molecule has 0 spiro atoms. The van der Waals surface area contributed by atoms with Gasteiger partial charge in [0, 0.05) is 32.3 Å². The van der Waals surface area contributed by atoms with Crippen molar-refractivity contribution in [1.29, 1.82) is 0 Å². The molecular formula is C12H21F3N2O. The summed E-state index contributed by atoms with van der Waals surface area (Å²) in [6, 6.07) is 0.485. The van der Waals surface area contributed by atoms with Gasteiger partial charge in [0.2, 0.25) is 0 Å². The highest BCUT2D eigenvalue weighted by Crippen LogP contribution is 2.33. The number of methoxy groups -OCH3 is 1. The molecule has 0 aromatic heterocycles. The first kappa shape index (κ1) is 14.1. The lowest BCUT2D eigenvalue weighted by Gasteiger charge is -2.23. The van der Waals surface area contributed by atoms with Crippen LogP contribution in [-0.2, 0) is 4.74 Å². The van der Waals surface area contributed by atoms with Crippen molar-refractivity contribution in [1.82, 2.24) is 10.2 Å². The van der Waals surface area contributed by atoms with Crippen LogP contribution in [0.2, 0.25) is 0 Å².